The van der Waals surface area contributed by atoms with Crippen molar-refractivity contribution >= 4 is 13.8 Å². The van der Waals surface area contributed by atoms with Crippen LogP contribution in [-0.2, 0) is 27.7 Å². The maximum absolute atomic E-state index is 11.9. The van der Waals surface area contributed by atoms with Gasteiger partial charge in [0.05, 0.1) is 13.2 Å². The van der Waals surface area contributed by atoms with Gasteiger partial charge in [-0.1, -0.05) is 13.2 Å². The van der Waals surface area contributed by atoms with E-state index in [1.807, 2.05) is 0 Å². The van der Waals surface area contributed by atoms with Gasteiger partial charge in [-0.3, -0.25) is 9.05 Å². The van der Waals surface area contributed by atoms with E-state index in [9.17, 15) is 9.36 Å². The molecule has 6 nitrogen and oxygen atoms in total. The van der Waals surface area contributed by atoms with E-state index >= 15 is 0 Å². The molecule has 0 aliphatic heterocycles. The minimum atomic E-state index is -3.74. The molecule has 98 valence electrons. The molecule has 0 heterocycles. The predicted octanol–water partition coefficient (Wildman–Crippen LogP) is 2.43. The normalized spacial score (nSPS) is 12.8. The molecule has 0 bridgehead atoms. The third-order valence-electron chi connectivity index (χ3n) is 1.40. The number of carbonyl (C=O) groups is 1. The number of carbonyl (C=O) groups excluding carboxylic acids is 1. The molecule has 0 aromatic carbocycles. The van der Waals surface area contributed by atoms with Crippen LogP contribution in [0.25, 0.3) is 0 Å². The zero-order valence-electron chi connectivity index (χ0n) is 9.96. The first-order chi connectivity index (χ1) is 8.01. The van der Waals surface area contributed by atoms with Gasteiger partial charge in [0.1, 0.15) is 0 Å². The van der Waals surface area contributed by atoms with E-state index in [1.54, 1.807) is 13.8 Å². The van der Waals surface area contributed by atoms with Crippen molar-refractivity contribution in [3.05, 3.63) is 25.3 Å². The Morgan fingerprint density at radius 3 is 2.18 bits per heavy atom. The molecule has 0 aliphatic carbocycles. The molecule has 17 heavy (non-hydrogen) atoms. The number of hydrogen-bond acceptors (Lipinski definition) is 6. The van der Waals surface area contributed by atoms with Crippen LogP contribution in [0.15, 0.2) is 25.3 Å². The van der Waals surface area contributed by atoms with Crippen LogP contribution < -0.4 is 0 Å². The molecule has 0 saturated carbocycles. The van der Waals surface area contributed by atoms with Crippen molar-refractivity contribution < 1.29 is 27.7 Å². The first-order valence-corrected chi connectivity index (χ1v) is 6.50. The van der Waals surface area contributed by atoms with Gasteiger partial charge in [-0.15, -0.1) is 0 Å². The lowest BCUT2D eigenvalue weighted by Crippen LogP contribution is -2.18. The number of hydrogen-bond donors (Lipinski definition) is 0. The fourth-order valence-electron chi connectivity index (χ4n) is 0.817. The highest BCUT2D eigenvalue weighted by Crippen LogP contribution is 2.50. The van der Waals surface area contributed by atoms with E-state index in [-0.39, 0.29) is 13.2 Å². The van der Waals surface area contributed by atoms with Gasteiger partial charge in [-0.05, 0) is 19.9 Å². The molecular weight excluding hydrogens is 247 g/mol. The minimum absolute atomic E-state index is 0.135. The lowest BCUT2D eigenvalue weighted by molar-refractivity contribution is -0.153. The lowest BCUT2D eigenvalue weighted by atomic mass is 10.6. The molecule has 0 aromatic rings. The zero-order chi connectivity index (χ0) is 13.3. The van der Waals surface area contributed by atoms with Gasteiger partial charge in [-0.2, -0.15) is 0 Å². The Hall–Kier alpha value is -0.940. The molecule has 0 saturated heterocycles. The first kappa shape index (κ1) is 16.1. The molecule has 0 spiro atoms. The topological polar surface area (TPSA) is 71.1 Å². The molecule has 0 radical (unpaired) electrons. The van der Waals surface area contributed by atoms with Crippen LogP contribution in [-0.4, -0.2) is 25.5 Å². The number of phosphoric ester groups is 1. The van der Waals surface area contributed by atoms with E-state index in [0.717, 1.165) is 12.2 Å². The van der Waals surface area contributed by atoms with Crippen molar-refractivity contribution in [3.8, 4) is 0 Å². The van der Waals surface area contributed by atoms with Crippen LogP contribution in [0.5, 0.6) is 0 Å². The van der Waals surface area contributed by atoms with Crippen molar-refractivity contribution in [2.45, 2.75) is 20.1 Å². The highest BCUT2D eigenvalue weighted by atomic mass is 31.2. The summed E-state index contributed by atoms with van der Waals surface area (Å²) >= 11 is 0. The zero-order valence-corrected chi connectivity index (χ0v) is 10.9. The van der Waals surface area contributed by atoms with Crippen LogP contribution in [0.2, 0.25) is 0 Å². The van der Waals surface area contributed by atoms with Crippen LogP contribution in [0.3, 0.4) is 0 Å². The summed E-state index contributed by atoms with van der Waals surface area (Å²) in [5.74, 6) is -0.727. The van der Waals surface area contributed by atoms with E-state index in [4.69, 9.17) is 18.3 Å². The number of phosphoric acid groups is 1. The van der Waals surface area contributed by atoms with Gasteiger partial charge in [0, 0.05) is 6.08 Å². The summed E-state index contributed by atoms with van der Waals surface area (Å²) in [5.41, 5.74) is 0. The molecule has 1 atom stereocenters. The highest BCUT2D eigenvalue weighted by molar-refractivity contribution is 7.48. The Bertz CT molecular complexity index is 304. The summed E-state index contributed by atoms with van der Waals surface area (Å²) in [5, 5.41) is 0. The quantitative estimate of drug-likeness (QED) is 0.209. The fraction of sp³-hybridized carbons (Fsp3) is 0.500. The van der Waals surface area contributed by atoms with Crippen LogP contribution in [0, 0.1) is 0 Å². The van der Waals surface area contributed by atoms with Gasteiger partial charge < -0.3 is 4.74 Å². The van der Waals surface area contributed by atoms with Crippen molar-refractivity contribution in [1.82, 2.24) is 0 Å². The van der Waals surface area contributed by atoms with Gasteiger partial charge in [0.15, 0.2) is 0 Å². The largest absolute Gasteiger partial charge is 0.478 e. The second-order valence-corrected chi connectivity index (χ2v) is 4.25. The smallest absolute Gasteiger partial charge is 0.428 e. The van der Waals surface area contributed by atoms with E-state index in [2.05, 4.69) is 13.2 Å². The third kappa shape index (κ3) is 6.38. The molecule has 0 fully saturated rings. The summed E-state index contributed by atoms with van der Waals surface area (Å²) in [6.07, 6.45) is 0.891. The summed E-state index contributed by atoms with van der Waals surface area (Å²) in [4.78, 5) is 10.9. The third-order valence-corrected chi connectivity index (χ3v) is 3.01. The van der Waals surface area contributed by atoms with Gasteiger partial charge >= 0.3 is 13.8 Å². The van der Waals surface area contributed by atoms with Crippen molar-refractivity contribution in [1.29, 1.82) is 0 Å². The Balaban J connectivity index is 4.58. The van der Waals surface area contributed by atoms with Crippen molar-refractivity contribution in [2.24, 2.45) is 0 Å². The Morgan fingerprint density at radius 1 is 1.29 bits per heavy atom. The maximum atomic E-state index is 11.9. The van der Waals surface area contributed by atoms with Crippen LogP contribution in [0.1, 0.15) is 13.8 Å². The SMILES string of the molecule is C=CC(=O)OC(C=C)OP(=O)(OCC)OCC. The van der Waals surface area contributed by atoms with Crippen LogP contribution >= 0.6 is 7.82 Å². The monoisotopic (exact) mass is 264 g/mol. The number of esters is 1. The molecule has 0 aromatic heterocycles. The predicted molar refractivity (Wildman–Crippen MR) is 62.2 cm³/mol. The van der Waals surface area contributed by atoms with Crippen molar-refractivity contribution in [3.63, 3.8) is 0 Å². The molecule has 1 unspecified atom stereocenters. The molecular formula is C10H17O6P. The van der Waals surface area contributed by atoms with Crippen molar-refractivity contribution in [2.75, 3.05) is 13.2 Å². The van der Waals surface area contributed by atoms with Crippen LogP contribution in [0.4, 0.5) is 0 Å². The van der Waals surface area contributed by atoms with E-state index in [0.29, 0.717) is 0 Å². The number of ether oxygens (including phenoxy) is 1. The molecule has 0 aliphatic rings. The fourth-order valence-corrected chi connectivity index (χ4v) is 2.03. The summed E-state index contributed by atoms with van der Waals surface area (Å²) < 4.78 is 31.3. The Labute approximate surface area is 101 Å². The van der Waals surface area contributed by atoms with Gasteiger partial charge in [0.25, 0.3) is 0 Å². The average Bonchev–Trinajstić information content (AvgIpc) is 2.28. The second kappa shape index (κ2) is 8.20. The average molecular weight is 264 g/mol. The molecule has 0 rings (SSSR count). The summed E-state index contributed by atoms with van der Waals surface area (Å²) in [6, 6.07) is 0. The number of rotatable bonds is 9. The molecule has 7 heteroatoms. The Kier molecular flexibility index (Phi) is 7.74. The van der Waals surface area contributed by atoms with Gasteiger partial charge in [-0.25, -0.2) is 13.9 Å². The van der Waals surface area contributed by atoms with E-state index in [1.165, 1.54) is 0 Å². The second-order valence-electron chi connectivity index (χ2n) is 2.63. The lowest BCUT2D eigenvalue weighted by Gasteiger charge is -2.20. The highest BCUT2D eigenvalue weighted by Gasteiger charge is 2.30. The summed E-state index contributed by atoms with van der Waals surface area (Å²) in [7, 11) is -3.74. The molecule has 0 N–H and O–H groups in total. The maximum Gasteiger partial charge on any atom is 0.478 e. The van der Waals surface area contributed by atoms with Gasteiger partial charge in [0.2, 0.25) is 6.29 Å². The Morgan fingerprint density at radius 2 is 1.82 bits per heavy atom. The summed E-state index contributed by atoms with van der Waals surface area (Å²) in [6.45, 7) is 10.1. The minimum Gasteiger partial charge on any atom is -0.428 e. The van der Waals surface area contributed by atoms with E-state index < -0.39 is 20.1 Å². The standard InChI is InChI=1S/C10H17O6P/c1-5-9(11)15-10(6-2)16-17(12,13-7-3)14-8-4/h5-6,10H,1-2,7-8H2,3-4H3. The first-order valence-electron chi connectivity index (χ1n) is 5.04. The molecule has 0 amide bonds.